The molecule has 7 heteroatoms. The number of nitrogens with zero attached hydrogens (tertiary/aromatic N) is 2. The number of para-hydroxylation sites is 2. The standard InChI is InChI=1S/C21H21N3O3S/c25-21(15-28-14-16-6-2-1-3-7-16)23-17-10-22-24(11-17)12-18-13-26-19-8-4-5-9-20(19)27-18/h1-11,18H,12-15H2,(H,23,25)/t18-/m0/s1. The topological polar surface area (TPSA) is 65.4 Å². The highest BCUT2D eigenvalue weighted by atomic mass is 32.2. The van der Waals surface area contributed by atoms with Crippen molar-refractivity contribution in [2.75, 3.05) is 17.7 Å². The molecule has 4 rings (SSSR count). The van der Waals surface area contributed by atoms with Gasteiger partial charge in [-0.1, -0.05) is 42.5 Å². The Balaban J connectivity index is 1.23. The fourth-order valence-corrected chi connectivity index (χ4v) is 3.71. The molecule has 0 aliphatic carbocycles. The second kappa shape index (κ2) is 8.84. The normalized spacial score (nSPS) is 15.2. The lowest BCUT2D eigenvalue weighted by Gasteiger charge is -2.26. The molecule has 144 valence electrons. The summed E-state index contributed by atoms with van der Waals surface area (Å²) >= 11 is 1.59. The number of hydrogen-bond acceptors (Lipinski definition) is 5. The summed E-state index contributed by atoms with van der Waals surface area (Å²) in [4.78, 5) is 12.1. The van der Waals surface area contributed by atoms with Crippen molar-refractivity contribution in [3.63, 3.8) is 0 Å². The first-order valence-corrected chi connectivity index (χ1v) is 10.2. The largest absolute Gasteiger partial charge is 0.486 e. The molecule has 6 nitrogen and oxygen atoms in total. The lowest BCUT2D eigenvalue weighted by molar-refractivity contribution is -0.113. The van der Waals surface area contributed by atoms with Crippen LogP contribution in [0.5, 0.6) is 11.5 Å². The van der Waals surface area contributed by atoms with E-state index in [9.17, 15) is 4.79 Å². The van der Waals surface area contributed by atoms with Crippen LogP contribution in [0, 0.1) is 0 Å². The van der Waals surface area contributed by atoms with Crippen LogP contribution in [0.15, 0.2) is 67.0 Å². The number of ether oxygens (including phenoxy) is 2. The Hall–Kier alpha value is -2.93. The van der Waals surface area contributed by atoms with Crippen LogP contribution in [-0.4, -0.2) is 34.2 Å². The third kappa shape index (κ3) is 4.86. The minimum Gasteiger partial charge on any atom is -0.486 e. The summed E-state index contributed by atoms with van der Waals surface area (Å²) in [5.41, 5.74) is 1.90. The number of amides is 1. The highest BCUT2D eigenvalue weighted by Gasteiger charge is 2.21. The molecule has 0 radical (unpaired) electrons. The van der Waals surface area contributed by atoms with E-state index in [0.717, 1.165) is 17.3 Å². The summed E-state index contributed by atoms with van der Waals surface area (Å²) in [6, 6.07) is 17.7. The summed E-state index contributed by atoms with van der Waals surface area (Å²) in [5, 5.41) is 7.19. The van der Waals surface area contributed by atoms with E-state index in [1.54, 1.807) is 22.6 Å². The Morgan fingerprint density at radius 3 is 2.79 bits per heavy atom. The van der Waals surface area contributed by atoms with Crippen molar-refractivity contribution >= 4 is 23.4 Å². The van der Waals surface area contributed by atoms with E-state index in [0.29, 0.717) is 24.6 Å². The molecule has 0 unspecified atom stereocenters. The zero-order valence-electron chi connectivity index (χ0n) is 15.3. The van der Waals surface area contributed by atoms with E-state index in [2.05, 4.69) is 22.5 Å². The second-order valence-electron chi connectivity index (χ2n) is 6.48. The first kappa shape index (κ1) is 18.4. The number of benzene rings is 2. The molecule has 1 atom stereocenters. The van der Waals surface area contributed by atoms with E-state index in [-0.39, 0.29) is 12.0 Å². The molecule has 1 aliphatic rings. The third-order valence-corrected chi connectivity index (χ3v) is 5.22. The fraction of sp³-hybridized carbons (Fsp3) is 0.238. The van der Waals surface area contributed by atoms with Crippen molar-refractivity contribution in [3.8, 4) is 11.5 Å². The van der Waals surface area contributed by atoms with E-state index in [4.69, 9.17) is 9.47 Å². The maximum atomic E-state index is 12.1. The number of carbonyl (C=O) groups is 1. The minimum atomic E-state index is -0.125. The van der Waals surface area contributed by atoms with Gasteiger partial charge < -0.3 is 14.8 Å². The van der Waals surface area contributed by atoms with Gasteiger partial charge in [0.05, 0.1) is 24.2 Å². The molecule has 1 N–H and O–H groups in total. The third-order valence-electron chi connectivity index (χ3n) is 4.22. The van der Waals surface area contributed by atoms with Gasteiger partial charge in [0.25, 0.3) is 0 Å². The van der Waals surface area contributed by atoms with Gasteiger partial charge in [-0.3, -0.25) is 9.48 Å². The molecule has 1 aliphatic heterocycles. The summed E-state index contributed by atoms with van der Waals surface area (Å²) in [7, 11) is 0. The fourth-order valence-electron chi connectivity index (χ4n) is 2.92. The molecular weight excluding hydrogens is 374 g/mol. The van der Waals surface area contributed by atoms with Crippen molar-refractivity contribution in [2.24, 2.45) is 0 Å². The molecule has 0 saturated carbocycles. The second-order valence-corrected chi connectivity index (χ2v) is 7.46. The SMILES string of the molecule is O=C(CSCc1ccccc1)Nc1cnn(C[C@H]2COc3ccccc3O2)c1. The zero-order valence-corrected chi connectivity index (χ0v) is 16.1. The molecule has 3 aromatic rings. The van der Waals surface area contributed by atoms with Crippen molar-refractivity contribution < 1.29 is 14.3 Å². The number of fused-ring (bicyclic) bond motifs is 1. The maximum absolute atomic E-state index is 12.1. The summed E-state index contributed by atoms with van der Waals surface area (Å²) < 4.78 is 13.4. The van der Waals surface area contributed by atoms with Crippen molar-refractivity contribution in [1.29, 1.82) is 0 Å². The van der Waals surface area contributed by atoms with Crippen molar-refractivity contribution in [3.05, 3.63) is 72.6 Å². The van der Waals surface area contributed by atoms with Crippen LogP contribution >= 0.6 is 11.8 Å². The van der Waals surface area contributed by atoms with E-state index >= 15 is 0 Å². The van der Waals surface area contributed by atoms with Gasteiger partial charge in [-0.25, -0.2) is 0 Å². The van der Waals surface area contributed by atoms with E-state index in [1.165, 1.54) is 5.56 Å². The molecule has 28 heavy (non-hydrogen) atoms. The Bertz CT molecular complexity index is 929. The number of nitrogens with one attached hydrogen (secondary N) is 1. The average molecular weight is 395 g/mol. The molecule has 0 saturated heterocycles. The Morgan fingerprint density at radius 1 is 1.14 bits per heavy atom. The van der Waals surface area contributed by atoms with E-state index in [1.807, 2.05) is 48.7 Å². The Labute approximate surface area is 167 Å². The van der Waals surface area contributed by atoms with Crippen LogP contribution in [-0.2, 0) is 17.1 Å². The molecule has 0 spiro atoms. The minimum absolute atomic E-state index is 0.0355. The van der Waals surface area contributed by atoms with Gasteiger partial charge in [-0.05, 0) is 17.7 Å². The molecule has 1 amide bonds. The van der Waals surface area contributed by atoms with Crippen molar-refractivity contribution in [2.45, 2.75) is 18.4 Å². The highest BCUT2D eigenvalue weighted by molar-refractivity contribution is 7.99. The monoisotopic (exact) mass is 395 g/mol. The van der Waals surface area contributed by atoms with Gasteiger partial charge in [0.2, 0.25) is 5.91 Å². The number of hydrogen-bond donors (Lipinski definition) is 1. The summed E-state index contributed by atoms with van der Waals surface area (Å²) in [6.45, 7) is 1.02. The molecule has 0 bridgehead atoms. The first-order valence-electron chi connectivity index (χ1n) is 9.09. The van der Waals surface area contributed by atoms with Crippen LogP contribution in [0.25, 0.3) is 0 Å². The van der Waals surface area contributed by atoms with Crippen LogP contribution < -0.4 is 14.8 Å². The Morgan fingerprint density at radius 2 is 1.93 bits per heavy atom. The van der Waals surface area contributed by atoms with Gasteiger partial charge in [0.15, 0.2) is 17.6 Å². The first-order chi connectivity index (χ1) is 13.8. The van der Waals surface area contributed by atoms with Gasteiger partial charge in [0.1, 0.15) is 6.61 Å². The van der Waals surface area contributed by atoms with E-state index < -0.39 is 0 Å². The van der Waals surface area contributed by atoms with Gasteiger partial charge in [-0.2, -0.15) is 5.10 Å². The molecule has 1 aromatic heterocycles. The molecule has 2 heterocycles. The van der Waals surface area contributed by atoms with Crippen LogP contribution in [0.3, 0.4) is 0 Å². The highest BCUT2D eigenvalue weighted by Crippen LogP contribution is 2.31. The van der Waals surface area contributed by atoms with Gasteiger partial charge >= 0.3 is 0 Å². The average Bonchev–Trinajstić information content (AvgIpc) is 3.15. The number of thioether (sulfide) groups is 1. The van der Waals surface area contributed by atoms with Crippen LogP contribution in [0.4, 0.5) is 5.69 Å². The lowest BCUT2D eigenvalue weighted by atomic mass is 10.2. The number of aromatic nitrogens is 2. The predicted molar refractivity (Wildman–Crippen MR) is 110 cm³/mol. The molecule has 2 aromatic carbocycles. The smallest absolute Gasteiger partial charge is 0.234 e. The van der Waals surface area contributed by atoms with Gasteiger partial charge in [0, 0.05) is 11.9 Å². The predicted octanol–water partition coefficient (Wildman–Crippen LogP) is 3.60. The quantitative estimate of drug-likeness (QED) is 0.662. The number of carbonyl (C=O) groups excluding carboxylic acids is 1. The lowest BCUT2D eigenvalue weighted by Crippen LogP contribution is -2.33. The molecule has 0 fully saturated rings. The Kier molecular flexibility index (Phi) is 5.82. The van der Waals surface area contributed by atoms with Gasteiger partial charge in [-0.15, -0.1) is 11.8 Å². The maximum Gasteiger partial charge on any atom is 0.234 e. The summed E-state index contributed by atoms with van der Waals surface area (Å²) in [5.74, 6) is 2.69. The van der Waals surface area contributed by atoms with Crippen molar-refractivity contribution in [1.82, 2.24) is 9.78 Å². The zero-order chi connectivity index (χ0) is 19.2. The summed E-state index contributed by atoms with van der Waals surface area (Å²) in [6.07, 6.45) is 3.33. The molecular formula is C21H21N3O3S. The number of rotatable bonds is 7. The van der Waals surface area contributed by atoms with Crippen LogP contribution in [0.2, 0.25) is 0 Å². The van der Waals surface area contributed by atoms with Crippen LogP contribution in [0.1, 0.15) is 5.56 Å². The number of anilines is 1.